The molecule has 4 aromatic rings. The monoisotopic (exact) mass is 726 g/mol. The molecule has 5 rings (SSSR count). The van der Waals surface area contributed by atoms with E-state index in [4.69, 9.17) is 4.74 Å². The first-order valence-electron chi connectivity index (χ1n) is 16.2. The van der Waals surface area contributed by atoms with Crippen LogP contribution in [-0.2, 0) is 27.2 Å². The fourth-order valence-electron chi connectivity index (χ4n) is 5.71. The van der Waals surface area contributed by atoms with E-state index in [0.717, 1.165) is 29.7 Å². The Morgan fingerprint density at radius 2 is 1.73 bits per heavy atom. The third kappa shape index (κ3) is 9.50. The molecule has 1 aliphatic carbocycles. The number of thiophene rings is 1. The lowest BCUT2D eigenvalue weighted by molar-refractivity contribution is -0.384. The molecule has 13 heteroatoms. The highest BCUT2D eigenvalue weighted by atomic mass is 32.2. The van der Waals surface area contributed by atoms with Crippen molar-refractivity contribution in [2.75, 3.05) is 23.5 Å². The number of ether oxygens (including phenoxy) is 1. The molecule has 1 aliphatic rings. The quantitative estimate of drug-likeness (QED) is 0.0466. The Morgan fingerprint density at radius 1 is 1.00 bits per heavy atom. The Labute approximate surface area is 304 Å². The number of anilines is 2. The minimum atomic E-state index is -0.622. The Morgan fingerprint density at radius 3 is 2.39 bits per heavy atom. The van der Waals surface area contributed by atoms with Crippen molar-refractivity contribution < 1.29 is 28.8 Å². The van der Waals surface area contributed by atoms with Crippen molar-refractivity contribution >= 4 is 69.2 Å². The van der Waals surface area contributed by atoms with E-state index in [1.165, 1.54) is 60.5 Å². The van der Waals surface area contributed by atoms with Gasteiger partial charge in [0.25, 0.3) is 17.5 Å². The summed E-state index contributed by atoms with van der Waals surface area (Å²) in [6.45, 7) is 6.66. The number of hydrogen-bond donors (Lipinski definition) is 3. The van der Waals surface area contributed by atoms with E-state index in [1.807, 2.05) is 0 Å². The molecule has 3 aromatic carbocycles. The predicted molar refractivity (Wildman–Crippen MR) is 200 cm³/mol. The van der Waals surface area contributed by atoms with Crippen molar-refractivity contribution in [3.63, 3.8) is 0 Å². The summed E-state index contributed by atoms with van der Waals surface area (Å²) in [5.74, 6) is -1.37. The lowest BCUT2D eigenvalue weighted by Crippen LogP contribution is -2.30. The SMILES string of the molecule is COC(=O)c1c(NC(=O)CSc2cccc(NC(=O)/C(=C\c3ccc([N+](=O)[O-])cc3)NC(=O)c3ccccc3)c2)sc2c1CCC(C(C)(C)C)C2. The highest BCUT2D eigenvalue weighted by Crippen LogP contribution is 2.44. The third-order valence-corrected chi connectivity index (χ3v) is 10.7. The van der Waals surface area contributed by atoms with E-state index < -0.39 is 22.7 Å². The smallest absolute Gasteiger partial charge is 0.341 e. The summed E-state index contributed by atoms with van der Waals surface area (Å²) >= 11 is 2.69. The number of esters is 1. The number of nitrogens with one attached hydrogen (secondary N) is 3. The van der Waals surface area contributed by atoms with Gasteiger partial charge in [0.2, 0.25) is 5.91 Å². The van der Waals surface area contributed by atoms with Crippen molar-refractivity contribution in [2.45, 2.75) is 44.9 Å². The van der Waals surface area contributed by atoms with Gasteiger partial charge in [-0.05, 0) is 90.3 Å². The standard InChI is InChI=1S/C38H38N4O7S2/c1-38(2,3)25-15-18-29-31(20-25)51-36(33(29)37(46)49-4)41-32(43)22-50-28-12-8-11-26(21-28)39-35(45)30(40-34(44)24-9-6-5-7-10-24)19-23-13-16-27(17-14-23)42(47)48/h5-14,16-17,19,21,25H,15,18,20,22H2,1-4H3,(H,39,45)(H,40,44)(H,41,43)/b30-19+. The number of non-ortho nitro benzene ring substituents is 1. The molecule has 264 valence electrons. The molecule has 1 unspecified atom stereocenters. The molecule has 0 saturated heterocycles. The van der Waals surface area contributed by atoms with Gasteiger partial charge in [-0.15, -0.1) is 23.1 Å². The number of rotatable bonds is 11. The van der Waals surface area contributed by atoms with Gasteiger partial charge in [0.1, 0.15) is 10.7 Å². The number of nitrogens with zero attached hydrogens (tertiary/aromatic N) is 1. The van der Waals surface area contributed by atoms with E-state index in [9.17, 15) is 29.3 Å². The topological polar surface area (TPSA) is 157 Å². The number of methoxy groups -OCH3 is 1. The number of hydrogen-bond acceptors (Lipinski definition) is 9. The average molecular weight is 727 g/mol. The van der Waals surface area contributed by atoms with Gasteiger partial charge < -0.3 is 20.7 Å². The van der Waals surface area contributed by atoms with Crippen LogP contribution >= 0.6 is 23.1 Å². The number of thioether (sulfide) groups is 1. The Kier molecular flexibility index (Phi) is 11.7. The highest BCUT2D eigenvalue weighted by Gasteiger charge is 2.34. The van der Waals surface area contributed by atoms with Gasteiger partial charge in [0.05, 0.1) is 23.3 Å². The molecule has 0 fully saturated rings. The summed E-state index contributed by atoms with van der Waals surface area (Å²) < 4.78 is 5.08. The maximum atomic E-state index is 13.5. The Bertz CT molecular complexity index is 1980. The molecule has 0 saturated carbocycles. The van der Waals surface area contributed by atoms with Gasteiger partial charge >= 0.3 is 5.97 Å². The molecule has 3 N–H and O–H groups in total. The number of benzene rings is 3. The lowest BCUT2D eigenvalue weighted by Gasteiger charge is -2.33. The fraction of sp³-hybridized carbons (Fsp3) is 0.263. The molecule has 0 radical (unpaired) electrons. The first-order valence-corrected chi connectivity index (χ1v) is 18.0. The van der Waals surface area contributed by atoms with Gasteiger partial charge in [0.15, 0.2) is 0 Å². The minimum Gasteiger partial charge on any atom is -0.465 e. The van der Waals surface area contributed by atoms with Crippen LogP contribution in [0.25, 0.3) is 6.08 Å². The molecule has 0 bridgehead atoms. The largest absolute Gasteiger partial charge is 0.465 e. The van der Waals surface area contributed by atoms with Gasteiger partial charge in [-0.1, -0.05) is 45.0 Å². The summed E-state index contributed by atoms with van der Waals surface area (Å²) in [4.78, 5) is 64.8. The zero-order chi connectivity index (χ0) is 36.7. The van der Waals surface area contributed by atoms with Crippen LogP contribution in [0.4, 0.5) is 16.4 Å². The van der Waals surface area contributed by atoms with Crippen LogP contribution in [0.1, 0.15) is 63.9 Å². The van der Waals surface area contributed by atoms with E-state index >= 15 is 0 Å². The Balaban J connectivity index is 1.27. The first kappa shape index (κ1) is 37.0. The zero-order valence-corrected chi connectivity index (χ0v) is 30.2. The first-order chi connectivity index (χ1) is 24.3. The fourth-order valence-corrected chi connectivity index (χ4v) is 7.79. The summed E-state index contributed by atoms with van der Waals surface area (Å²) in [6, 6.07) is 20.9. The van der Waals surface area contributed by atoms with Crippen LogP contribution < -0.4 is 16.0 Å². The summed E-state index contributed by atoms with van der Waals surface area (Å²) in [7, 11) is 1.34. The maximum Gasteiger partial charge on any atom is 0.341 e. The van der Waals surface area contributed by atoms with Crippen LogP contribution in [0.2, 0.25) is 0 Å². The number of carbonyl (C=O) groups excluding carboxylic acids is 4. The van der Waals surface area contributed by atoms with Gasteiger partial charge in [0, 0.05) is 33.2 Å². The van der Waals surface area contributed by atoms with Gasteiger partial charge in [-0.2, -0.15) is 0 Å². The molecule has 1 aromatic heterocycles. The van der Waals surface area contributed by atoms with Crippen LogP contribution in [0.3, 0.4) is 0 Å². The number of amides is 3. The van der Waals surface area contributed by atoms with Gasteiger partial charge in [-0.3, -0.25) is 24.5 Å². The number of carbonyl (C=O) groups is 4. The lowest BCUT2D eigenvalue weighted by atomic mass is 9.72. The summed E-state index contributed by atoms with van der Waals surface area (Å²) in [5.41, 5.74) is 2.55. The van der Waals surface area contributed by atoms with E-state index in [2.05, 4.69) is 36.7 Å². The predicted octanol–water partition coefficient (Wildman–Crippen LogP) is 7.73. The molecule has 0 spiro atoms. The van der Waals surface area contributed by atoms with E-state index in [0.29, 0.717) is 38.2 Å². The van der Waals surface area contributed by atoms with E-state index in [1.54, 1.807) is 54.6 Å². The zero-order valence-electron chi connectivity index (χ0n) is 28.6. The summed E-state index contributed by atoms with van der Waals surface area (Å²) in [6.07, 6.45) is 3.98. The number of fused-ring (bicyclic) bond motifs is 1. The highest BCUT2D eigenvalue weighted by molar-refractivity contribution is 8.00. The second-order valence-corrected chi connectivity index (χ2v) is 15.2. The second kappa shape index (κ2) is 16.2. The maximum absolute atomic E-state index is 13.5. The molecular formula is C38H38N4O7S2. The molecule has 3 amide bonds. The van der Waals surface area contributed by atoms with Crippen molar-refractivity contribution in [2.24, 2.45) is 11.3 Å². The molecule has 51 heavy (non-hydrogen) atoms. The minimum absolute atomic E-state index is 0.0453. The van der Waals surface area contributed by atoms with Gasteiger partial charge in [-0.25, -0.2) is 4.79 Å². The second-order valence-electron chi connectivity index (χ2n) is 13.1. The van der Waals surface area contributed by atoms with Crippen LogP contribution in [0.5, 0.6) is 0 Å². The molecular weight excluding hydrogens is 689 g/mol. The number of nitro benzene ring substituents is 1. The molecule has 1 heterocycles. The number of nitro groups is 1. The van der Waals surface area contributed by atoms with Crippen molar-refractivity contribution in [3.8, 4) is 0 Å². The normalized spacial score (nSPS) is 14.2. The van der Waals surface area contributed by atoms with Crippen LogP contribution in [0.15, 0.2) is 89.5 Å². The summed E-state index contributed by atoms with van der Waals surface area (Å²) in [5, 5.41) is 20.0. The molecule has 0 aliphatic heterocycles. The molecule has 1 atom stereocenters. The van der Waals surface area contributed by atoms with E-state index in [-0.39, 0.29) is 28.5 Å². The molecule has 11 nitrogen and oxygen atoms in total. The van der Waals surface area contributed by atoms with Crippen LogP contribution in [-0.4, -0.2) is 41.5 Å². The average Bonchev–Trinajstić information content (AvgIpc) is 3.47. The van der Waals surface area contributed by atoms with Crippen LogP contribution in [0, 0.1) is 21.4 Å². The third-order valence-electron chi connectivity index (χ3n) is 8.54. The van der Waals surface area contributed by atoms with Crippen molar-refractivity contribution in [1.29, 1.82) is 0 Å². The van der Waals surface area contributed by atoms with Crippen molar-refractivity contribution in [1.82, 2.24) is 5.32 Å². The van der Waals surface area contributed by atoms with Crippen molar-refractivity contribution in [3.05, 3.63) is 122 Å². The Hall–Kier alpha value is -5.27.